The molecule has 1 atom stereocenters. The van der Waals surface area contributed by atoms with Crippen LogP contribution in [0.2, 0.25) is 0 Å². The van der Waals surface area contributed by atoms with Crippen molar-refractivity contribution >= 4 is 21.6 Å². The molecular weight excluding hydrogens is 324 g/mol. The van der Waals surface area contributed by atoms with Crippen molar-refractivity contribution in [3.05, 3.63) is 65.2 Å². The largest absolute Gasteiger partial charge is 0.324 e. The molecule has 0 radical (unpaired) electrons. The monoisotopic (exact) mass is 344 g/mol. The van der Waals surface area contributed by atoms with Crippen molar-refractivity contribution < 1.29 is 13.2 Å². The summed E-state index contributed by atoms with van der Waals surface area (Å²) in [6.45, 7) is 2.13. The molecule has 6 heteroatoms. The van der Waals surface area contributed by atoms with Gasteiger partial charge in [0, 0.05) is 12.2 Å². The molecule has 1 amide bonds. The van der Waals surface area contributed by atoms with Gasteiger partial charge in [-0.25, -0.2) is 8.42 Å². The Bertz CT molecular complexity index is 877. The normalized spacial score (nSPS) is 18.0. The van der Waals surface area contributed by atoms with Gasteiger partial charge in [0.25, 0.3) is 0 Å². The second kappa shape index (κ2) is 6.37. The Morgan fingerprint density at radius 3 is 2.38 bits per heavy atom. The van der Waals surface area contributed by atoms with Crippen LogP contribution in [0.4, 0.5) is 5.69 Å². The molecule has 0 spiro atoms. The quantitative estimate of drug-likeness (QED) is 0.929. The highest BCUT2D eigenvalue weighted by molar-refractivity contribution is 7.88. The van der Waals surface area contributed by atoms with Crippen LogP contribution in [0.3, 0.4) is 0 Å². The number of anilines is 1. The molecule has 0 aliphatic carbocycles. The second-order valence-corrected chi connectivity index (χ2v) is 8.04. The molecule has 2 aromatic rings. The van der Waals surface area contributed by atoms with Crippen molar-refractivity contribution in [2.75, 3.05) is 11.6 Å². The molecule has 24 heavy (non-hydrogen) atoms. The van der Waals surface area contributed by atoms with E-state index in [-0.39, 0.29) is 12.5 Å². The number of carbonyl (C=O) groups excluding carboxylic acids is 1. The number of nitrogens with one attached hydrogen (secondary N) is 1. The smallest absolute Gasteiger partial charge is 0.243 e. The topological polar surface area (TPSA) is 66.5 Å². The van der Waals surface area contributed by atoms with Gasteiger partial charge < -0.3 is 5.32 Å². The molecule has 126 valence electrons. The van der Waals surface area contributed by atoms with Crippen molar-refractivity contribution in [1.29, 1.82) is 0 Å². The average molecular weight is 344 g/mol. The summed E-state index contributed by atoms with van der Waals surface area (Å²) in [4.78, 5) is 12.8. The van der Waals surface area contributed by atoms with Gasteiger partial charge in [0.15, 0.2) is 0 Å². The molecule has 3 rings (SSSR count). The molecule has 0 unspecified atom stereocenters. The highest BCUT2D eigenvalue weighted by atomic mass is 32.2. The van der Waals surface area contributed by atoms with Gasteiger partial charge in [0.05, 0.1) is 6.26 Å². The number of hydrogen-bond donors (Lipinski definition) is 1. The highest BCUT2D eigenvalue weighted by Crippen LogP contribution is 2.26. The van der Waals surface area contributed by atoms with Gasteiger partial charge in [-0.15, -0.1) is 0 Å². The molecule has 1 aliphatic rings. The number of aryl methyl sites for hydroxylation is 1. The van der Waals surface area contributed by atoms with Crippen molar-refractivity contribution in [2.45, 2.75) is 25.9 Å². The maximum atomic E-state index is 12.8. The lowest BCUT2D eigenvalue weighted by Gasteiger charge is -2.34. The van der Waals surface area contributed by atoms with Gasteiger partial charge in [0.2, 0.25) is 15.9 Å². The van der Waals surface area contributed by atoms with Crippen LogP contribution >= 0.6 is 0 Å². The highest BCUT2D eigenvalue weighted by Gasteiger charge is 2.36. The number of amides is 1. The fraction of sp³-hybridized carbons (Fsp3) is 0.278. The Kier molecular flexibility index (Phi) is 4.43. The van der Waals surface area contributed by atoms with Gasteiger partial charge in [-0.3, -0.25) is 4.79 Å². The Morgan fingerprint density at radius 1 is 1.08 bits per heavy atom. The average Bonchev–Trinajstić information content (AvgIpc) is 2.55. The van der Waals surface area contributed by atoms with Gasteiger partial charge in [0.1, 0.15) is 6.04 Å². The minimum atomic E-state index is -3.49. The predicted molar refractivity (Wildman–Crippen MR) is 94.1 cm³/mol. The molecule has 1 N–H and O–H groups in total. The number of hydrogen-bond acceptors (Lipinski definition) is 3. The molecule has 0 saturated heterocycles. The first-order valence-electron chi connectivity index (χ1n) is 7.76. The Hall–Kier alpha value is -2.18. The summed E-state index contributed by atoms with van der Waals surface area (Å²) >= 11 is 0. The minimum absolute atomic E-state index is 0.223. The number of sulfonamides is 1. The van der Waals surface area contributed by atoms with Crippen molar-refractivity contribution in [2.24, 2.45) is 0 Å². The zero-order valence-corrected chi connectivity index (χ0v) is 14.5. The van der Waals surface area contributed by atoms with E-state index in [0.717, 1.165) is 22.9 Å². The van der Waals surface area contributed by atoms with Crippen LogP contribution in [0.5, 0.6) is 0 Å². The molecule has 1 heterocycles. The zero-order chi connectivity index (χ0) is 17.3. The number of carbonyl (C=O) groups is 1. The molecule has 0 saturated carbocycles. The molecule has 2 aromatic carbocycles. The lowest BCUT2D eigenvalue weighted by Crippen LogP contribution is -2.50. The van der Waals surface area contributed by atoms with Crippen LogP contribution in [0.25, 0.3) is 0 Å². The Balaban J connectivity index is 1.92. The van der Waals surface area contributed by atoms with Crippen LogP contribution in [0.15, 0.2) is 48.5 Å². The van der Waals surface area contributed by atoms with E-state index in [9.17, 15) is 13.2 Å². The van der Waals surface area contributed by atoms with Gasteiger partial charge >= 0.3 is 0 Å². The lowest BCUT2D eigenvalue weighted by atomic mass is 9.95. The maximum absolute atomic E-state index is 12.8. The summed E-state index contributed by atoms with van der Waals surface area (Å²) in [5.41, 5.74) is 3.60. The van der Waals surface area contributed by atoms with Crippen LogP contribution < -0.4 is 5.32 Å². The van der Waals surface area contributed by atoms with Crippen LogP contribution in [-0.2, 0) is 27.8 Å². The van der Waals surface area contributed by atoms with Crippen LogP contribution in [0.1, 0.15) is 16.7 Å². The number of para-hydroxylation sites is 1. The van der Waals surface area contributed by atoms with Gasteiger partial charge in [-0.2, -0.15) is 4.31 Å². The standard InChI is InChI=1S/C18H20N2O3S/c1-13-7-3-6-10-16(13)19-18(21)17-11-14-8-4-5-9-15(14)12-20(17)24(2,22)23/h3-10,17H,11-12H2,1-2H3,(H,19,21)/t17-/m0/s1. The van der Waals surface area contributed by atoms with Gasteiger partial charge in [-0.1, -0.05) is 42.5 Å². The third-order valence-corrected chi connectivity index (χ3v) is 5.57. The first kappa shape index (κ1) is 16.7. The first-order chi connectivity index (χ1) is 11.4. The molecule has 0 aromatic heterocycles. The summed E-state index contributed by atoms with van der Waals surface area (Å²) in [5.74, 6) is -0.302. The number of fused-ring (bicyclic) bond motifs is 1. The third kappa shape index (κ3) is 3.34. The summed E-state index contributed by atoms with van der Waals surface area (Å²) in [7, 11) is -3.49. The van der Waals surface area contributed by atoms with E-state index >= 15 is 0 Å². The molecular formula is C18H20N2O3S. The molecule has 0 fully saturated rings. The number of rotatable bonds is 3. The fourth-order valence-electron chi connectivity index (χ4n) is 3.00. The SMILES string of the molecule is Cc1ccccc1NC(=O)[C@@H]1Cc2ccccc2CN1S(C)(=O)=O. The summed E-state index contributed by atoms with van der Waals surface area (Å²) in [6, 6.07) is 14.4. The maximum Gasteiger partial charge on any atom is 0.243 e. The van der Waals surface area contributed by atoms with E-state index in [4.69, 9.17) is 0 Å². The zero-order valence-electron chi connectivity index (χ0n) is 13.7. The van der Waals surface area contributed by atoms with Crippen LogP contribution in [0, 0.1) is 6.92 Å². The molecule has 1 aliphatic heterocycles. The first-order valence-corrected chi connectivity index (χ1v) is 9.61. The van der Waals surface area contributed by atoms with E-state index in [1.807, 2.05) is 55.5 Å². The number of nitrogens with zero attached hydrogens (tertiary/aromatic N) is 1. The summed E-state index contributed by atoms with van der Waals surface area (Å²) in [6.07, 6.45) is 1.52. The lowest BCUT2D eigenvalue weighted by molar-refractivity contribution is -0.120. The third-order valence-electron chi connectivity index (χ3n) is 4.34. The van der Waals surface area contributed by atoms with Crippen molar-refractivity contribution in [3.63, 3.8) is 0 Å². The van der Waals surface area contributed by atoms with Gasteiger partial charge in [-0.05, 0) is 36.1 Å². The second-order valence-electron chi connectivity index (χ2n) is 6.10. The predicted octanol–water partition coefficient (Wildman–Crippen LogP) is 2.32. The Morgan fingerprint density at radius 2 is 1.71 bits per heavy atom. The van der Waals surface area contributed by atoms with Crippen LogP contribution in [-0.4, -0.2) is 30.9 Å². The summed E-state index contributed by atoms with van der Waals surface area (Å²) in [5, 5.41) is 2.87. The Labute approximate surface area is 142 Å². The fourth-order valence-corrected chi connectivity index (χ4v) is 4.01. The summed E-state index contributed by atoms with van der Waals surface area (Å²) < 4.78 is 25.6. The van der Waals surface area contributed by atoms with E-state index < -0.39 is 16.1 Å². The molecule has 5 nitrogen and oxygen atoms in total. The molecule has 0 bridgehead atoms. The van der Waals surface area contributed by atoms with E-state index in [1.165, 1.54) is 4.31 Å². The van der Waals surface area contributed by atoms with Crippen molar-refractivity contribution in [3.8, 4) is 0 Å². The van der Waals surface area contributed by atoms with E-state index in [1.54, 1.807) is 0 Å². The minimum Gasteiger partial charge on any atom is -0.324 e. The van der Waals surface area contributed by atoms with E-state index in [0.29, 0.717) is 12.1 Å². The van der Waals surface area contributed by atoms with Crippen molar-refractivity contribution in [1.82, 2.24) is 4.31 Å². The number of benzene rings is 2. The van der Waals surface area contributed by atoms with E-state index in [2.05, 4.69) is 5.32 Å².